The molecule has 1 N–H and O–H groups in total. The van der Waals surface area contributed by atoms with Crippen molar-refractivity contribution < 1.29 is 27.4 Å². The van der Waals surface area contributed by atoms with Gasteiger partial charge in [0.25, 0.3) is 5.56 Å². The number of hydrogen-bond acceptors (Lipinski definition) is 7. The van der Waals surface area contributed by atoms with Crippen molar-refractivity contribution in [1.29, 1.82) is 0 Å². The van der Waals surface area contributed by atoms with E-state index in [-0.39, 0.29) is 30.3 Å². The molecule has 192 valence electrons. The number of H-pyrrole nitrogens is 1. The van der Waals surface area contributed by atoms with Gasteiger partial charge in [0.15, 0.2) is 11.5 Å². The third-order valence-corrected chi connectivity index (χ3v) is 7.85. The second-order valence-corrected chi connectivity index (χ2v) is 10.4. The summed E-state index contributed by atoms with van der Waals surface area (Å²) in [5.41, 5.74) is 1.27. The summed E-state index contributed by atoms with van der Waals surface area (Å²) in [7, 11) is -2.48. The molecule has 3 aromatic carbocycles. The Morgan fingerprint density at radius 3 is 2.43 bits per heavy atom. The predicted octanol–water partition coefficient (Wildman–Crippen LogP) is 4.06. The first-order valence-electron chi connectivity index (χ1n) is 11.7. The summed E-state index contributed by atoms with van der Waals surface area (Å²) in [6.07, 6.45) is 0. The molecule has 4 aromatic rings. The fraction of sp³-hybridized carbons (Fsp3) is 0.222. The van der Waals surface area contributed by atoms with Gasteiger partial charge in [0.2, 0.25) is 16.8 Å². The predicted molar refractivity (Wildman–Crippen MR) is 138 cm³/mol. The van der Waals surface area contributed by atoms with Crippen LogP contribution >= 0.6 is 0 Å². The van der Waals surface area contributed by atoms with Gasteiger partial charge >= 0.3 is 0 Å². The Morgan fingerprint density at radius 2 is 1.68 bits per heavy atom. The normalized spacial score (nSPS) is 12.7. The molecule has 0 aliphatic carbocycles. The fourth-order valence-electron chi connectivity index (χ4n) is 4.16. The molecule has 2 heterocycles. The van der Waals surface area contributed by atoms with E-state index in [4.69, 9.17) is 18.9 Å². The van der Waals surface area contributed by atoms with Crippen LogP contribution in [-0.4, -0.2) is 38.2 Å². The quantitative estimate of drug-likeness (QED) is 0.353. The van der Waals surface area contributed by atoms with Gasteiger partial charge in [-0.3, -0.25) is 4.79 Å². The molecule has 0 unspecified atom stereocenters. The van der Waals surface area contributed by atoms with Gasteiger partial charge in [-0.2, -0.15) is 4.31 Å². The average Bonchev–Trinajstić information content (AvgIpc) is 3.37. The van der Waals surface area contributed by atoms with Crippen molar-refractivity contribution >= 4 is 20.9 Å². The van der Waals surface area contributed by atoms with Crippen molar-refractivity contribution in [2.45, 2.75) is 24.9 Å². The van der Waals surface area contributed by atoms with Gasteiger partial charge in [-0.15, -0.1) is 0 Å². The van der Waals surface area contributed by atoms with Crippen LogP contribution in [0.3, 0.4) is 0 Å². The van der Waals surface area contributed by atoms with Crippen LogP contribution in [0, 0.1) is 0 Å². The molecule has 0 saturated heterocycles. The molecule has 0 amide bonds. The lowest BCUT2D eigenvalue weighted by Crippen LogP contribution is -2.32. The molecule has 0 radical (unpaired) electrons. The lowest BCUT2D eigenvalue weighted by atomic mass is 10.1. The molecule has 0 saturated carbocycles. The van der Waals surface area contributed by atoms with E-state index in [1.807, 2.05) is 13.0 Å². The number of sulfonamides is 1. The highest BCUT2D eigenvalue weighted by Gasteiger charge is 2.27. The third-order valence-electron chi connectivity index (χ3n) is 6.04. The highest BCUT2D eigenvalue weighted by Crippen LogP contribution is 2.33. The Bertz CT molecular complexity index is 1600. The summed E-state index contributed by atoms with van der Waals surface area (Å²) in [5, 5.41) is 0.741. The summed E-state index contributed by atoms with van der Waals surface area (Å²) >= 11 is 0. The highest BCUT2D eigenvalue weighted by atomic mass is 32.2. The monoisotopic (exact) mass is 522 g/mol. The van der Waals surface area contributed by atoms with Gasteiger partial charge in [0, 0.05) is 29.6 Å². The number of aromatic nitrogens is 1. The van der Waals surface area contributed by atoms with Crippen LogP contribution in [0.2, 0.25) is 0 Å². The van der Waals surface area contributed by atoms with Crippen LogP contribution in [0.1, 0.15) is 18.1 Å². The Labute approximate surface area is 214 Å². The molecule has 0 fully saturated rings. The number of hydrogen-bond donors (Lipinski definition) is 1. The molecule has 0 bridgehead atoms. The first-order chi connectivity index (χ1) is 17.9. The average molecular weight is 523 g/mol. The molecule has 1 aromatic heterocycles. The number of fused-ring (bicyclic) bond motifs is 2. The minimum Gasteiger partial charge on any atom is -0.497 e. The van der Waals surface area contributed by atoms with E-state index < -0.39 is 10.0 Å². The molecule has 10 heteroatoms. The largest absolute Gasteiger partial charge is 0.497 e. The van der Waals surface area contributed by atoms with Crippen molar-refractivity contribution in [3.63, 3.8) is 0 Å². The number of nitrogens with zero attached hydrogens (tertiary/aromatic N) is 1. The SMILES string of the molecule is CCOc1ccc2[nH]c(=O)c(CN(Cc3ccc4c(c3)OCO4)S(=O)(=O)c3ccc(OC)cc3)cc2c1. The molecule has 9 nitrogen and oxygen atoms in total. The lowest BCUT2D eigenvalue weighted by molar-refractivity contribution is 0.174. The van der Waals surface area contributed by atoms with Crippen molar-refractivity contribution in [2.75, 3.05) is 20.5 Å². The zero-order valence-corrected chi connectivity index (χ0v) is 21.2. The number of methoxy groups -OCH3 is 1. The van der Waals surface area contributed by atoms with Crippen molar-refractivity contribution in [3.8, 4) is 23.0 Å². The van der Waals surface area contributed by atoms with Crippen LogP contribution in [0.25, 0.3) is 10.9 Å². The molecule has 0 spiro atoms. The van der Waals surface area contributed by atoms with Gasteiger partial charge in [0.1, 0.15) is 11.5 Å². The summed E-state index contributed by atoms with van der Waals surface area (Å²) in [6.45, 7) is 2.38. The van der Waals surface area contributed by atoms with Crippen molar-refractivity contribution in [3.05, 3.63) is 88.2 Å². The second kappa shape index (κ2) is 10.2. The Kier molecular flexibility index (Phi) is 6.77. The maximum absolute atomic E-state index is 13.8. The van der Waals surface area contributed by atoms with Gasteiger partial charge in [0.05, 0.1) is 18.6 Å². The molecule has 1 aliphatic rings. The number of aromatic amines is 1. The Balaban J connectivity index is 1.54. The summed E-state index contributed by atoms with van der Waals surface area (Å²) in [6, 6.07) is 18.5. The van der Waals surface area contributed by atoms with Gasteiger partial charge in [-0.1, -0.05) is 6.07 Å². The summed E-state index contributed by atoms with van der Waals surface area (Å²) in [5.74, 6) is 2.35. The van der Waals surface area contributed by atoms with Gasteiger partial charge < -0.3 is 23.9 Å². The maximum Gasteiger partial charge on any atom is 0.252 e. The second-order valence-electron chi connectivity index (χ2n) is 8.44. The smallest absolute Gasteiger partial charge is 0.252 e. The fourth-order valence-corrected chi connectivity index (χ4v) is 5.57. The van der Waals surface area contributed by atoms with E-state index in [1.54, 1.807) is 48.5 Å². The number of nitrogens with one attached hydrogen (secondary N) is 1. The van der Waals surface area contributed by atoms with Crippen LogP contribution in [-0.2, 0) is 23.1 Å². The standard InChI is InChI=1S/C27H26N2O7S/c1-3-34-22-7-10-24-19(14-22)13-20(27(30)28-24)16-29(15-18-4-11-25-26(12-18)36-17-35-25)37(31,32)23-8-5-21(33-2)6-9-23/h4-14H,3,15-17H2,1-2H3,(H,28,30). The minimum absolute atomic E-state index is 0.0153. The summed E-state index contributed by atoms with van der Waals surface area (Å²) < 4.78 is 50.4. The molecular formula is C27H26N2O7S. The summed E-state index contributed by atoms with van der Waals surface area (Å²) in [4.78, 5) is 15.9. The van der Waals surface area contributed by atoms with Crippen LogP contribution in [0.15, 0.2) is 76.4 Å². The number of rotatable bonds is 9. The van der Waals surface area contributed by atoms with E-state index in [2.05, 4.69) is 4.98 Å². The molecule has 5 rings (SSSR count). The first kappa shape index (κ1) is 24.7. The van der Waals surface area contributed by atoms with E-state index >= 15 is 0 Å². The zero-order chi connectivity index (χ0) is 26.0. The number of benzene rings is 3. The minimum atomic E-state index is -4.00. The topological polar surface area (TPSA) is 107 Å². The Morgan fingerprint density at radius 1 is 0.919 bits per heavy atom. The molecule has 1 aliphatic heterocycles. The van der Waals surface area contributed by atoms with E-state index in [1.165, 1.54) is 23.5 Å². The van der Waals surface area contributed by atoms with E-state index in [9.17, 15) is 13.2 Å². The van der Waals surface area contributed by atoms with Crippen LogP contribution in [0.4, 0.5) is 0 Å². The third kappa shape index (κ3) is 5.11. The maximum atomic E-state index is 13.8. The Hall–Kier alpha value is -4.02. The highest BCUT2D eigenvalue weighted by molar-refractivity contribution is 7.89. The number of ether oxygens (including phenoxy) is 4. The van der Waals surface area contributed by atoms with E-state index in [0.29, 0.717) is 46.2 Å². The molecule has 0 atom stereocenters. The van der Waals surface area contributed by atoms with Gasteiger partial charge in [-0.05, 0) is 73.2 Å². The van der Waals surface area contributed by atoms with E-state index in [0.717, 1.165) is 5.39 Å². The number of pyridine rings is 1. The lowest BCUT2D eigenvalue weighted by Gasteiger charge is -2.23. The molecular weight excluding hydrogens is 496 g/mol. The van der Waals surface area contributed by atoms with Crippen LogP contribution in [0.5, 0.6) is 23.0 Å². The molecule has 37 heavy (non-hydrogen) atoms. The zero-order valence-electron chi connectivity index (χ0n) is 20.4. The van der Waals surface area contributed by atoms with Gasteiger partial charge in [-0.25, -0.2) is 8.42 Å². The first-order valence-corrected chi connectivity index (χ1v) is 13.1. The van der Waals surface area contributed by atoms with Crippen molar-refractivity contribution in [2.24, 2.45) is 0 Å². The van der Waals surface area contributed by atoms with Crippen molar-refractivity contribution in [1.82, 2.24) is 9.29 Å². The van der Waals surface area contributed by atoms with Crippen LogP contribution < -0.4 is 24.5 Å².